The lowest BCUT2D eigenvalue weighted by molar-refractivity contribution is -0.121. The minimum absolute atomic E-state index is 0.0939. The zero-order valence-electron chi connectivity index (χ0n) is 11.2. The highest BCUT2D eigenvalue weighted by Crippen LogP contribution is 2.00. The van der Waals surface area contributed by atoms with E-state index in [1.54, 1.807) is 12.4 Å². The standard InChI is InChI=1S/C14H22N2O2/c1-12(2)18-11-3-8-16-14(17)5-4-13-6-9-15-10-7-13/h6-7,9-10,12H,3-5,8,11H2,1-2H3,(H,16,17). The average Bonchev–Trinajstić information content (AvgIpc) is 2.37. The van der Waals surface area contributed by atoms with Crippen LogP contribution in [0.3, 0.4) is 0 Å². The van der Waals surface area contributed by atoms with Crippen molar-refractivity contribution in [2.75, 3.05) is 13.2 Å². The number of pyridine rings is 1. The van der Waals surface area contributed by atoms with Crippen molar-refractivity contribution < 1.29 is 9.53 Å². The number of amides is 1. The fraction of sp³-hybridized carbons (Fsp3) is 0.571. The lowest BCUT2D eigenvalue weighted by atomic mass is 10.1. The van der Waals surface area contributed by atoms with Crippen LogP contribution in [0.4, 0.5) is 0 Å². The monoisotopic (exact) mass is 250 g/mol. The predicted octanol–water partition coefficient (Wildman–Crippen LogP) is 1.95. The molecule has 0 aromatic carbocycles. The van der Waals surface area contributed by atoms with E-state index in [1.807, 2.05) is 26.0 Å². The molecule has 0 unspecified atom stereocenters. The van der Waals surface area contributed by atoms with Crippen LogP contribution in [0.5, 0.6) is 0 Å². The molecule has 0 atom stereocenters. The molecule has 0 bridgehead atoms. The van der Waals surface area contributed by atoms with E-state index in [9.17, 15) is 4.79 Å². The van der Waals surface area contributed by atoms with Crippen LogP contribution in [0.25, 0.3) is 0 Å². The average molecular weight is 250 g/mol. The minimum atomic E-state index is 0.0939. The molecule has 1 rings (SSSR count). The maximum Gasteiger partial charge on any atom is 0.220 e. The summed E-state index contributed by atoms with van der Waals surface area (Å²) in [5, 5.41) is 2.89. The van der Waals surface area contributed by atoms with E-state index < -0.39 is 0 Å². The molecule has 4 nitrogen and oxygen atoms in total. The number of carbonyl (C=O) groups excluding carboxylic acids is 1. The largest absolute Gasteiger partial charge is 0.379 e. The van der Waals surface area contributed by atoms with Gasteiger partial charge in [-0.15, -0.1) is 0 Å². The topological polar surface area (TPSA) is 51.2 Å². The van der Waals surface area contributed by atoms with Crippen LogP contribution in [0.15, 0.2) is 24.5 Å². The molecule has 0 aliphatic rings. The Labute approximate surface area is 109 Å². The molecule has 0 spiro atoms. The molecule has 1 N–H and O–H groups in total. The molecular weight excluding hydrogens is 228 g/mol. The highest BCUT2D eigenvalue weighted by molar-refractivity contribution is 5.76. The maximum atomic E-state index is 11.5. The van der Waals surface area contributed by atoms with Crippen LogP contribution in [-0.2, 0) is 16.0 Å². The quantitative estimate of drug-likeness (QED) is 0.717. The van der Waals surface area contributed by atoms with Gasteiger partial charge in [0.25, 0.3) is 0 Å². The highest BCUT2D eigenvalue weighted by atomic mass is 16.5. The molecule has 100 valence electrons. The predicted molar refractivity (Wildman–Crippen MR) is 71.3 cm³/mol. The summed E-state index contributed by atoms with van der Waals surface area (Å²) in [4.78, 5) is 15.5. The van der Waals surface area contributed by atoms with E-state index in [0.29, 0.717) is 19.6 Å². The van der Waals surface area contributed by atoms with Gasteiger partial charge < -0.3 is 10.1 Å². The molecule has 1 amide bonds. The van der Waals surface area contributed by atoms with Gasteiger partial charge in [-0.3, -0.25) is 9.78 Å². The number of aromatic nitrogens is 1. The summed E-state index contributed by atoms with van der Waals surface area (Å²) in [5.41, 5.74) is 1.14. The Hall–Kier alpha value is -1.42. The van der Waals surface area contributed by atoms with Gasteiger partial charge in [0.1, 0.15) is 0 Å². The summed E-state index contributed by atoms with van der Waals surface area (Å²) < 4.78 is 5.39. The van der Waals surface area contributed by atoms with Gasteiger partial charge in [0.05, 0.1) is 6.10 Å². The molecule has 18 heavy (non-hydrogen) atoms. The molecule has 0 saturated carbocycles. The van der Waals surface area contributed by atoms with E-state index in [1.165, 1.54) is 0 Å². The van der Waals surface area contributed by atoms with Gasteiger partial charge in [-0.2, -0.15) is 0 Å². The first-order chi connectivity index (χ1) is 8.68. The number of rotatable bonds is 8. The summed E-state index contributed by atoms with van der Waals surface area (Å²) in [5.74, 6) is 0.0939. The van der Waals surface area contributed by atoms with Crippen LogP contribution in [0.2, 0.25) is 0 Å². The zero-order valence-corrected chi connectivity index (χ0v) is 11.2. The van der Waals surface area contributed by atoms with E-state index >= 15 is 0 Å². The van der Waals surface area contributed by atoms with E-state index in [2.05, 4.69) is 10.3 Å². The third-order valence-corrected chi connectivity index (χ3v) is 2.48. The molecular formula is C14H22N2O2. The molecule has 1 aromatic heterocycles. The van der Waals surface area contributed by atoms with Crippen LogP contribution in [-0.4, -0.2) is 30.1 Å². The second-order valence-corrected chi connectivity index (χ2v) is 4.48. The van der Waals surface area contributed by atoms with Crippen molar-refractivity contribution in [1.29, 1.82) is 0 Å². The normalized spacial score (nSPS) is 10.6. The Morgan fingerprint density at radius 1 is 1.39 bits per heavy atom. The van der Waals surface area contributed by atoms with Gasteiger partial charge in [0, 0.05) is 32.0 Å². The fourth-order valence-electron chi connectivity index (χ4n) is 1.51. The Bertz CT molecular complexity index is 339. The van der Waals surface area contributed by atoms with Crippen molar-refractivity contribution >= 4 is 5.91 Å². The number of hydrogen-bond acceptors (Lipinski definition) is 3. The van der Waals surface area contributed by atoms with Gasteiger partial charge in [0.15, 0.2) is 0 Å². The van der Waals surface area contributed by atoms with E-state index in [0.717, 1.165) is 18.4 Å². The number of aryl methyl sites for hydroxylation is 1. The molecule has 0 aliphatic heterocycles. The van der Waals surface area contributed by atoms with Crippen LogP contribution in [0.1, 0.15) is 32.3 Å². The van der Waals surface area contributed by atoms with Gasteiger partial charge in [0.2, 0.25) is 5.91 Å². The SMILES string of the molecule is CC(C)OCCCNC(=O)CCc1ccncc1. The van der Waals surface area contributed by atoms with Crippen molar-refractivity contribution in [3.05, 3.63) is 30.1 Å². The summed E-state index contributed by atoms with van der Waals surface area (Å²) in [7, 11) is 0. The van der Waals surface area contributed by atoms with Crippen LogP contribution in [0, 0.1) is 0 Å². The lowest BCUT2D eigenvalue weighted by Crippen LogP contribution is -2.25. The number of carbonyl (C=O) groups is 1. The van der Waals surface area contributed by atoms with Crippen molar-refractivity contribution in [3.63, 3.8) is 0 Å². The molecule has 0 aliphatic carbocycles. The Balaban J connectivity index is 2.04. The number of ether oxygens (including phenoxy) is 1. The maximum absolute atomic E-state index is 11.5. The van der Waals surface area contributed by atoms with Crippen molar-refractivity contribution in [2.24, 2.45) is 0 Å². The van der Waals surface area contributed by atoms with E-state index in [4.69, 9.17) is 4.74 Å². The first kappa shape index (κ1) is 14.6. The van der Waals surface area contributed by atoms with Crippen molar-refractivity contribution in [3.8, 4) is 0 Å². The molecule has 1 heterocycles. The third kappa shape index (κ3) is 7.01. The van der Waals surface area contributed by atoms with E-state index in [-0.39, 0.29) is 12.0 Å². The summed E-state index contributed by atoms with van der Waals surface area (Å²) in [6.07, 6.45) is 5.89. The van der Waals surface area contributed by atoms with Crippen molar-refractivity contribution in [1.82, 2.24) is 10.3 Å². The fourth-order valence-corrected chi connectivity index (χ4v) is 1.51. The second kappa shape index (κ2) is 8.64. The second-order valence-electron chi connectivity index (χ2n) is 4.48. The molecule has 4 heteroatoms. The number of nitrogens with zero attached hydrogens (tertiary/aromatic N) is 1. The summed E-state index contributed by atoms with van der Waals surface area (Å²) in [6.45, 7) is 5.39. The Morgan fingerprint density at radius 3 is 2.78 bits per heavy atom. The third-order valence-electron chi connectivity index (χ3n) is 2.48. The lowest BCUT2D eigenvalue weighted by Gasteiger charge is -2.08. The highest BCUT2D eigenvalue weighted by Gasteiger charge is 2.01. The van der Waals surface area contributed by atoms with Gasteiger partial charge in [-0.1, -0.05) is 0 Å². The Kier molecular flexibility index (Phi) is 7.03. The first-order valence-electron chi connectivity index (χ1n) is 6.45. The summed E-state index contributed by atoms with van der Waals surface area (Å²) >= 11 is 0. The molecule has 0 radical (unpaired) electrons. The molecule has 0 saturated heterocycles. The smallest absolute Gasteiger partial charge is 0.220 e. The van der Waals surface area contributed by atoms with Crippen LogP contribution < -0.4 is 5.32 Å². The molecule has 0 fully saturated rings. The van der Waals surface area contributed by atoms with Crippen LogP contribution >= 0.6 is 0 Å². The van der Waals surface area contributed by atoms with Gasteiger partial charge >= 0.3 is 0 Å². The Morgan fingerprint density at radius 2 is 2.11 bits per heavy atom. The van der Waals surface area contributed by atoms with Crippen molar-refractivity contribution in [2.45, 2.75) is 39.2 Å². The van der Waals surface area contributed by atoms with Gasteiger partial charge in [-0.05, 0) is 44.4 Å². The zero-order chi connectivity index (χ0) is 13.2. The number of hydrogen-bond donors (Lipinski definition) is 1. The summed E-state index contributed by atoms with van der Waals surface area (Å²) in [6, 6.07) is 3.87. The molecule has 1 aromatic rings. The van der Waals surface area contributed by atoms with Gasteiger partial charge in [-0.25, -0.2) is 0 Å². The first-order valence-corrected chi connectivity index (χ1v) is 6.45. The minimum Gasteiger partial charge on any atom is -0.379 e. The number of nitrogens with one attached hydrogen (secondary N) is 1.